The van der Waals surface area contributed by atoms with Crippen molar-refractivity contribution in [2.45, 2.75) is 109 Å². The molecule has 0 radical (unpaired) electrons. The summed E-state index contributed by atoms with van der Waals surface area (Å²) in [6, 6.07) is -1.30. The van der Waals surface area contributed by atoms with Gasteiger partial charge in [0.1, 0.15) is 12.1 Å². The van der Waals surface area contributed by atoms with Gasteiger partial charge in [0, 0.05) is 44.0 Å². The van der Waals surface area contributed by atoms with E-state index in [1.807, 2.05) is 33.9 Å². The van der Waals surface area contributed by atoms with Gasteiger partial charge in [-0.15, -0.1) is 15.3 Å². The van der Waals surface area contributed by atoms with Crippen LogP contribution < -0.4 is 5.32 Å². The highest BCUT2D eigenvalue weighted by atomic mass is 16.4. The molecule has 37 heavy (non-hydrogen) atoms. The largest absolute Gasteiger partial charge is 0.425 e. The Labute approximate surface area is 217 Å². The zero-order valence-electron chi connectivity index (χ0n) is 22.3. The van der Waals surface area contributed by atoms with Gasteiger partial charge in [-0.3, -0.25) is 9.59 Å². The molecule has 3 heterocycles. The van der Waals surface area contributed by atoms with Crippen LogP contribution in [0.4, 0.5) is 0 Å². The highest BCUT2D eigenvalue weighted by Gasteiger charge is 2.46. The lowest BCUT2D eigenvalue weighted by molar-refractivity contribution is -0.144. The number of carbonyl (C=O) groups is 2. The van der Waals surface area contributed by atoms with Crippen molar-refractivity contribution in [3.05, 3.63) is 23.7 Å². The van der Waals surface area contributed by atoms with Gasteiger partial charge in [0.05, 0.1) is 11.8 Å². The molecular formula is C26H39N7O4. The van der Waals surface area contributed by atoms with Crippen LogP contribution in [0.2, 0.25) is 0 Å². The van der Waals surface area contributed by atoms with Crippen molar-refractivity contribution in [3.63, 3.8) is 0 Å². The molecule has 0 bridgehead atoms. The standard InChI is InChI=1S/C26H39N7O4/c1-5-21-29-30-22(37-21)11-15-6-9-17(10-15)27-24(35)20-12-18(34)13-32(20)25(36)23(26(2,3)4)33-14-19(28-31-33)16-7-8-16/h14-18,20,23,34H,5-13H2,1-4H3,(H,27,35)/t15-,17+,18-,20+,23-/m1/s1. The summed E-state index contributed by atoms with van der Waals surface area (Å²) in [4.78, 5) is 28.8. The number of rotatable bonds is 8. The van der Waals surface area contributed by atoms with Crippen LogP contribution in [0.15, 0.2) is 10.6 Å². The number of aromatic nitrogens is 5. The number of aryl methyl sites for hydroxylation is 1. The van der Waals surface area contributed by atoms with Gasteiger partial charge in [-0.2, -0.15) is 0 Å². The zero-order valence-corrected chi connectivity index (χ0v) is 22.3. The van der Waals surface area contributed by atoms with E-state index in [1.54, 1.807) is 9.58 Å². The minimum absolute atomic E-state index is 0.0237. The van der Waals surface area contributed by atoms with Gasteiger partial charge in [-0.25, -0.2) is 4.68 Å². The number of aliphatic hydroxyl groups excluding tert-OH is 1. The molecule has 0 unspecified atom stereocenters. The van der Waals surface area contributed by atoms with E-state index in [1.165, 1.54) is 0 Å². The van der Waals surface area contributed by atoms with Crippen molar-refractivity contribution in [3.8, 4) is 0 Å². The summed E-state index contributed by atoms with van der Waals surface area (Å²) in [6.07, 6.45) is 7.65. The predicted molar refractivity (Wildman–Crippen MR) is 133 cm³/mol. The fourth-order valence-electron chi connectivity index (χ4n) is 5.78. The Hall–Kier alpha value is -2.82. The van der Waals surface area contributed by atoms with Crippen LogP contribution >= 0.6 is 0 Å². The highest BCUT2D eigenvalue weighted by Crippen LogP contribution is 2.40. The first-order valence-corrected chi connectivity index (χ1v) is 13.6. The second-order valence-corrected chi connectivity index (χ2v) is 12.1. The number of nitrogens with one attached hydrogen (secondary N) is 1. The third-order valence-corrected chi connectivity index (χ3v) is 7.87. The Morgan fingerprint density at radius 3 is 2.57 bits per heavy atom. The summed E-state index contributed by atoms with van der Waals surface area (Å²) >= 11 is 0. The van der Waals surface area contributed by atoms with Crippen molar-refractivity contribution < 1.29 is 19.1 Å². The van der Waals surface area contributed by atoms with Crippen LogP contribution in [-0.4, -0.2) is 71.7 Å². The molecule has 2 aromatic rings. The van der Waals surface area contributed by atoms with Crippen LogP contribution in [0.1, 0.15) is 95.7 Å². The molecule has 2 N–H and O–H groups in total. The normalized spacial score (nSPS) is 27.0. The molecular weight excluding hydrogens is 474 g/mol. The Kier molecular flexibility index (Phi) is 7.08. The van der Waals surface area contributed by atoms with Crippen LogP contribution in [0.3, 0.4) is 0 Å². The molecule has 1 aliphatic heterocycles. The number of carbonyl (C=O) groups excluding carboxylic acids is 2. The average Bonchev–Trinajstić information content (AvgIpc) is 3.21. The molecule has 202 valence electrons. The third-order valence-electron chi connectivity index (χ3n) is 7.87. The maximum atomic E-state index is 13.9. The van der Waals surface area contributed by atoms with Crippen molar-refractivity contribution in [2.24, 2.45) is 11.3 Å². The number of hydrogen-bond acceptors (Lipinski definition) is 8. The molecule has 2 saturated carbocycles. The summed E-state index contributed by atoms with van der Waals surface area (Å²) in [7, 11) is 0. The summed E-state index contributed by atoms with van der Waals surface area (Å²) in [5.74, 6) is 1.68. The Morgan fingerprint density at radius 1 is 1.14 bits per heavy atom. The van der Waals surface area contributed by atoms with E-state index in [2.05, 4.69) is 25.8 Å². The Bertz CT molecular complexity index is 1120. The molecule has 2 aliphatic carbocycles. The molecule has 5 rings (SSSR count). The summed E-state index contributed by atoms with van der Waals surface area (Å²) in [6.45, 7) is 8.08. The molecule has 3 aliphatic rings. The lowest BCUT2D eigenvalue weighted by Gasteiger charge is -2.34. The molecule has 3 fully saturated rings. The van der Waals surface area contributed by atoms with Crippen molar-refractivity contribution in [1.29, 1.82) is 0 Å². The number of likely N-dealkylation sites (tertiary alicyclic amines) is 1. The van der Waals surface area contributed by atoms with Crippen LogP contribution in [-0.2, 0) is 22.4 Å². The number of amides is 2. The van der Waals surface area contributed by atoms with E-state index in [0.717, 1.165) is 37.8 Å². The molecule has 1 saturated heterocycles. The second kappa shape index (κ2) is 10.2. The minimum Gasteiger partial charge on any atom is -0.425 e. The quantitative estimate of drug-likeness (QED) is 0.548. The van der Waals surface area contributed by atoms with Crippen LogP contribution in [0.25, 0.3) is 0 Å². The average molecular weight is 514 g/mol. The molecule has 2 amide bonds. The van der Waals surface area contributed by atoms with Crippen molar-refractivity contribution in [1.82, 2.24) is 35.4 Å². The Balaban J connectivity index is 1.24. The lowest BCUT2D eigenvalue weighted by atomic mass is 9.85. The van der Waals surface area contributed by atoms with E-state index in [0.29, 0.717) is 36.5 Å². The highest BCUT2D eigenvalue weighted by molar-refractivity contribution is 5.90. The molecule has 11 heteroatoms. The van der Waals surface area contributed by atoms with Crippen LogP contribution in [0, 0.1) is 11.3 Å². The SMILES string of the molecule is CCc1nnc(C[C@@H]2CC[C@H](NC(=O)[C@@H]3C[C@@H](O)CN3C(=O)[C@@H](n3cc(C4CC4)nn3)C(C)(C)C)C2)o1. The summed E-state index contributed by atoms with van der Waals surface area (Å²) in [5, 5.41) is 30.4. The van der Waals surface area contributed by atoms with Gasteiger partial charge in [-0.1, -0.05) is 32.9 Å². The van der Waals surface area contributed by atoms with E-state index >= 15 is 0 Å². The fourth-order valence-corrected chi connectivity index (χ4v) is 5.78. The smallest absolute Gasteiger partial charge is 0.248 e. The number of nitrogens with zero attached hydrogens (tertiary/aromatic N) is 6. The number of β-amino-alcohol motifs (C(OH)–C–C–N with tert-alkyl or cyclic N) is 1. The number of hydrogen-bond donors (Lipinski definition) is 2. The fraction of sp³-hybridized carbons (Fsp3) is 0.769. The first-order chi connectivity index (χ1) is 17.6. The lowest BCUT2D eigenvalue weighted by Crippen LogP contribution is -2.51. The summed E-state index contributed by atoms with van der Waals surface area (Å²) in [5.41, 5.74) is 0.464. The van der Waals surface area contributed by atoms with E-state index in [-0.39, 0.29) is 30.8 Å². The molecule has 5 atom stereocenters. The van der Waals surface area contributed by atoms with Gasteiger partial charge < -0.3 is 19.7 Å². The second-order valence-electron chi connectivity index (χ2n) is 12.1. The third kappa shape index (κ3) is 5.71. The van der Waals surface area contributed by atoms with Gasteiger partial charge in [-0.05, 0) is 43.4 Å². The first-order valence-electron chi connectivity index (χ1n) is 13.6. The monoisotopic (exact) mass is 513 g/mol. The van der Waals surface area contributed by atoms with E-state index in [9.17, 15) is 14.7 Å². The zero-order chi connectivity index (χ0) is 26.3. The van der Waals surface area contributed by atoms with E-state index < -0.39 is 23.6 Å². The van der Waals surface area contributed by atoms with Crippen molar-refractivity contribution >= 4 is 11.8 Å². The first kappa shape index (κ1) is 25.8. The minimum atomic E-state index is -0.736. The van der Waals surface area contributed by atoms with Gasteiger partial charge >= 0.3 is 0 Å². The predicted octanol–water partition coefficient (Wildman–Crippen LogP) is 2.18. The van der Waals surface area contributed by atoms with E-state index in [4.69, 9.17) is 4.42 Å². The van der Waals surface area contributed by atoms with Crippen molar-refractivity contribution in [2.75, 3.05) is 6.54 Å². The maximum Gasteiger partial charge on any atom is 0.248 e. The Morgan fingerprint density at radius 2 is 1.89 bits per heavy atom. The van der Waals surface area contributed by atoms with Gasteiger partial charge in [0.2, 0.25) is 23.6 Å². The number of aliphatic hydroxyl groups is 1. The molecule has 2 aromatic heterocycles. The molecule has 11 nitrogen and oxygen atoms in total. The molecule has 0 spiro atoms. The van der Waals surface area contributed by atoms with Gasteiger partial charge in [0.15, 0.2) is 0 Å². The summed E-state index contributed by atoms with van der Waals surface area (Å²) < 4.78 is 7.31. The maximum absolute atomic E-state index is 13.9. The van der Waals surface area contributed by atoms with Gasteiger partial charge in [0.25, 0.3) is 0 Å². The topological polar surface area (TPSA) is 139 Å². The van der Waals surface area contributed by atoms with Crippen LogP contribution in [0.5, 0.6) is 0 Å². The molecule has 0 aromatic carbocycles.